The van der Waals surface area contributed by atoms with Gasteiger partial charge in [0.1, 0.15) is 10.4 Å². The van der Waals surface area contributed by atoms with Gasteiger partial charge in [0.05, 0.1) is 16.2 Å². The van der Waals surface area contributed by atoms with Gasteiger partial charge in [-0.3, -0.25) is 14.7 Å². The van der Waals surface area contributed by atoms with Crippen LogP contribution >= 0.6 is 11.6 Å². The number of aromatic nitrogens is 2. The summed E-state index contributed by atoms with van der Waals surface area (Å²) in [6.45, 7) is 3.70. The number of piperazine rings is 1. The molecule has 2 aliphatic heterocycles. The largest absolute Gasteiger partial charge is 0.483 e. The molecule has 0 bridgehead atoms. The fourth-order valence-electron chi connectivity index (χ4n) is 4.58. The van der Waals surface area contributed by atoms with Crippen LogP contribution in [0.4, 0.5) is 5.69 Å². The van der Waals surface area contributed by atoms with Crippen molar-refractivity contribution in [2.24, 2.45) is 0 Å². The number of hydrogen-bond donors (Lipinski definition) is 1. The van der Waals surface area contributed by atoms with E-state index >= 15 is 0 Å². The van der Waals surface area contributed by atoms with Crippen molar-refractivity contribution >= 4 is 44.8 Å². The molecule has 2 aliphatic rings. The van der Waals surface area contributed by atoms with Crippen LogP contribution in [-0.2, 0) is 14.8 Å². The number of piperidine rings is 1. The zero-order valence-corrected chi connectivity index (χ0v) is 19.0. The maximum Gasteiger partial charge on any atom is 0.290 e. The lowest BCUT2D eigenvalue weighted by Crippen LogP contribution is -2.54. The van der Waals surface area contributed by atoms with Gasteiger partial charge in [-0.05, 0) is 43.7 Å². The van der Waals surface area contributed by atoms with Crippen LogP contribution < -0.4 is 4.90 Å². The average molecular weight is 477 g/mol. The maximum atomic E-state index is 13.4. The van der Waals surface area contributed by atoms with Gasteiger partial charge in [0.25, 0.3) is 16.5 Å². The number of fused-ring (bicyclic) bond motifs is 2. The van der Waals surface area contributed by atoms with Crippen molar-refractivity contribution in [3.05, 3.63) is 53.8 Å². The minimum Gasteiger partial charge on any atom is -0.483 e. The summed E-state index contributed by atoms with van der Waals surface area (Å²) in [6, 6.07) is 10.7. The fraction of sp³-hybridized carbons (Fsp3) is 0.364. The third-order valence-electron chi connectivity index (χ3n) is 6.06. The normalized spacial score (nSPS) is 19.2. The predicted molar refractivity (Wildman–Crippen MR) is 124 cm³/mol. The first-order valence-electron chi connectivity index (χ1n) is 10.5. The third-order valence-corrected chi connectivity index (χ3v) is 8.23. The molecule has 4 heterocycles. The minimum absolute atomic E-state index is 0.103. The van der Waals surface area contributed by atoms with Crippen LogP contribution in [-0.4, -0.2) is 66.1 Å². The van der Waals surface area contributed by atoms with Crippen LogP contribution in [0.5, 0.6) is 0 Å². The molecule has 1 N–H and O–H groups in total. The first-order chi connectivity index (χ1) is 15.5. The number of pyridine rings is 1. The Bertz CT molecular complexity index is 1210. The van der Waals surface area contributed by atoms with Crippen molar-refractivity contribution in [1.29, 1.82) is 0 Å². The lowest BCUT2D eigenvalue weighted by Gasteiger charge is -2.44. The number of hydrogen-bond acceptors (Lipinski definition) is 6. The molecule has 32 heavy (non-hydrogen) atoms. The van der Waals surface area contributed by atoms with Crippen LogP contribution in [0.2, 0.25) is 5.02 Å². The van der Waals surface area contributed by atoms with E-state index in [2.05, 4.69) is 14.8 Å². The Morgan fingerprint density at radius 3 is 2.66 bits per heavy atom. The van der Waals surface area contributed by atoms with Crippen LogP contribution in [0.1, 0.15) is 19.3 Å². The number of carbonyl (C=O) groups is 1. The lowest BCUT2D eigenvalue weighted by molar-refractivity contribution is -0.122. The van der Waals surface area contributed by atoms with Gasteiger partial charge in [-0.1, -0.05) is 30.2 Å². The smallest absolute Gasteiger partial charge is 0.290 e. The number of nitrogens with zero attached hydrogens (tertiary/aromatic N) is 4. The van der Waals surface area contributed by atoms with E-state index in [0.717, 1.165) is 25.3 Å². The van der Waals surface area contributed by atoms with Gasteiger partial charge in [0, 0.05) is 38.1 Å². The molecule has 1 atom stereocenters. The highest BCUT2D eigenvalue weighted by Gasteiger charge is 2.32. The summed E-state index contributed by atoms with van der Waals surface area (Å²) >= 11 is 6.22. The van der Waals surface area contributed by atoms with E-state index in [-0.39, 0.29) is 16.4 Å². The minimum atomic E-state index is -3.83. The van der Waals surface area contributed by atoms with E-state index in [4.69, 9.17) is 21.5 Å². The molecule has 5 rings (SSSR count). The highest BCUT2D eigenvalue weighted by Crippen LogP contribution is 2.34. The van der Waals surface area contributed by atoms with Crippen LogP contribution in [0.15, 0.2) is 53.7 Å². The summed E-state index contributed by atoms with van der Waals surface area (Å²) in [5.41, 5.74) is 2.17. The van der Waals surface area contributed by atoms with Gasteiger partial charge in [0.15, 0.2) is 0 Å². The second kappa shape index (κ2) is 9.48. The first-order valence-corrected chi connectivity index (χ1v) is 12.3. The van der Waals surface area contributed by atoms with E-state index < -0.39 is 10.0 Å². The molecule has 2 aromatic heterocycles. The summed E-state index contributed by atoms with van der Waals surface area (Å²) in [7, 11) is -3.83. The molecule has 2 saturated heterocycles. The molecular weight excluding hydrogens is 452 g/mol. The summed E-state index contributed by atoms with van der Waals surface area (Å²) < 4.78 is 28.2. The SMILES string of the molecule is O=CO.O=S(=O)(c1ccccc1Cl)n1cc(N2CCN3CCCCC3C2)c2ncccc21. The Labute approximate surface area is 192 Å². The van der Waals surface area contributed by atoms with Gasteiger partial charge < -0.3 is 10.0 Å². The molecule has 1 aromatic carbocycles. The van der Waals surface area contributed by atoms with Gasteiger partial charge in [-0.15, -0.1) is 0 Å². The molecule has 0 amide bonds. The van der Waals surface area contributed by atoms with Crippen LogP contribution in [0.25, 0.3) is 11.0 Å². The second-order valence-corrected chi connectivity index (χ2v) is 10.0. The van der Waals surface area contributed by atoms with Crippen molar-refractivity contribution in [3.8, 4) is 0 Å². The third kappa shape index (κ3) is 4.20. The Balaban J connectivity index is 0.000000775. The van der Waals surface area contributed by atoms with Gasteiger partial charge in [0.2, 0.25) is 0 Å². The van der Waals surface area contributed by atoms with Crippen molar-refractivity contribution < 1.29 is 18.3 Å². The summed E-state index contributed by atoms with van der Waals surface area (Å²) in [5, 5.41) is 7.11. The molecule has 0 aliphatic carbocycles. The first kappa shape index (κ1) is 22.6. The van der Waals surface area contributed by atoms with E-state index in [1.54, 1.807) is 48.8 Å². The predicted octanol–water partition coefficient (Wildman–Crippen LogP) is 3.30. The second-order valence-electron chi connectivity index (χ2n) is 7.85. The summed E-state index contributed by atoms with van der Waals surface area (Å²) in [5.74, 6) is 0. The number of benzene rings is 1. The Morgan fingerprint density at radius 2 is 1.88 bits per heavy atom. The van der Waals surface area contributed by atoms with E-state index in [0.29, 0.717) is 17.1 Å². The lowest BCUT2D eigenvalue weighted by atomic mass is 9.99. The van der Waals surface area contributed by atoms with Crippen molar-refractivity contribution in [2.45, 2.75) is 30.2 Å². The van der Waals surface area contributed by atoms with Crippen molar-refractivity contribution in [2.75, 3.05) is 31.1 Å². The van der Waals surface area contributed by atoms with Gasteiger partial charge >= 0.3 is 0 Å². The van der Waals surface area contributed by atoms with E-state index in [9.17, 15) is 8.42 Å². The van der Waals surface area contributed by atoms with E-state index in [1.165, 1.54) is 29.8 Å². The number of carboxylic acid groups (broad SMARTS) is 1. The Kier molecular flexibility index (Phi) is 6.68. The topological polar surface area (TPSA) is 95.7 Å². The average Bonchev–Trinajstić information content (AvgIpc) is 3.20. The fourth-order valence-corrected chi connectivity index (χ4v) is 6.43. The number of anilines is 1. The number of rotatable bonds is 3. The van der Waals surface area contributed by atoms with Crippen LogP contribution in [0.3, 0.4) is 0 Å². The monoisotopic (exact) mass is 476 g/mol. The Hall–Kier alpha value is -2.62. The Morgan fingerprint density at radius 1 is 1.09 bits per heavy atom. The summed E-state index contributed by atoms with van der Waals surface area (Å²) in [4.78, 5) is 17.9. The molecule has 2 fully saturated rings. The standard InChI is InChI=1S/C21H23ClN4O2S.CH2O2/c22-17-7-1-2-9-20(17)29(27,28)26-15-19(21-18(26)8-5-10-23-21)25-13-12-24-11-4-3-6-16(24)14-25;2-1-3/h1-2,5,7-10,15-16H,3-4,6,11-14H2;1H,(H,2,3). The molecule has 10 heteroatoms. The van der Waals surface area contributed by atoms with Crippen molar-refractivity contribution in [1.82, 2.24) is 13.9 Å². The molecular formula is C22H25ClN4O4S. The molecule has 0 radical (unpaired) electrons. The quantitative estimate of drug-likeness (QED) is 0.579. The highest BCUT2D eigenvalue weighted by atomic mass is 35.5. The van der Waals surface area contributed by atoms with Gasteiger partial charge in [-0.2, -0.15) is 0 Å². The zero-order chi connectivity index (χ0) is 22.7. The molecule has 170 valence electrons. The molecule has 1 unspecified atom stereocenters. The molecule has 0 saturated carbocycles. The molecule has 0 spiro atoms. The van der Waals surface area contributed by atoms with Crippen LogP contribution in [0, 0.1) is 0 Å². The highest BCUT2D eigenvalue weighted by molar-refractivity contribution is 7.90. The molecule has 3 aromatic rings. The maximum absolute atomic E-state index is 13.4. The van der Waals surface area contributed by atoms with E-state index in [1.807, 2.05) is 0 Å². The van der Waals surface area contributed by atoms with Crippen molar-refractivity contribution in [3.63, 3.8) is 0 Å². The summed E-state index contributed by atoms with van der Waals surface area (Å²) in [6.07, 6.45) is 7.16. The zero-order valence-electron chi connectivity index (χ0n) is 17.5. The number of halogens is 1. The molecule has 8 nitrogen and oxygen atoms in total. The van der Waals surface area contributed by atoms with Gasteiger partial charge in [-0.25, -0.2) is 12.4 Å².